The van der Waals surface area contributed by atoms with E-state index < -0.39 is 10.0 Å². The molecule has 2 aromatic carbocycles. The molecule has 0 N–H and O–H groups in total. The van der Waals surface area contributed by atoms with E-state index in [9.17, 15) is 13.2 Å². The molecule has 11 heteroatoms. The van der Waals surface area contributed by atoms with E-state index in [1.807, 2.05) is 39.2 Å². The summed E-state index contributed by atoms with van der Waals surface area (Å²) in [6.07, 6.45) is 2.50. The summed E-state index contributed by atoms with van der Waals surface area (Å²) in [4.78, 5) is 22.2. The van der Waals surface area contributed by atoms with Crippen molar-refractivity contribution in [1.82, 2.24) is 14.2 Å². The summed E-state index contributed by atoms with van der Waals surface area (Å²) in [5.41, 5.74) is 1.27. The standard InChI is InChI=1S/C24H31BrN4O3S2.ClH/c1-5-6-15-28(4)34(31,32)20-11-8-18(9-12-20)23(30)29(16-7-14-27(2)3)24-26-21-13-10-19(25)17-22(21)33-24;/h8-13,17H,5-7,14-16H2,1-4H3;1H. The topological polar surface area (TPSA) is 73.8 Å². The highest BCUT2D eigenvalue weighted by molar-refractivity contribution is 9.10. The fraction of sp³-hybridized carbons (Fsp3) is 0.417. The Labute approximate surface area is 226 Å². The molecule has 1 amide bonds. The fourth-order valence-electron chi connectivity index (χ4n) is 3.44. The molecule has 0 fully saturated rings. The van der Waals surface area contributed by atoms with E-state index in [1.165, 1.54) is 27.8 Å². The third-order valence-electron chi connectivity index (χ3n) is 5.44. The smallest absolute Gasteiger partial charge is 0.260 e. The third-order valence-corrected chi connectivity index (χ3v) is 8.84. The van der Waals surface area contributed by atoms with E-state index >= 15 is 0 Å². The van der Waals surface area contributed by atoms with E-state index in [-0.39, 0.29) is 23.2 Å². The molecule has 1 aromatic heterocycles. The molecule has 7 nitrogen and oxygen atoms in total. The number of benzene rings is 2. The number of rotatable bonds is 11. The van der Waals surface area contributed by atoms with Crippen molar-refractivity contribution in [2.24, 2.45) is 0 Å². The average Bonchev–Trinajstić information content (AvgIpc) is 3.22. The molecule has 0 atom stereocenters. The van der Waals surface area contributed by atoms with E-state index in [4.69, 9.17) is 4.98 Å². The largest absolute Gasteiger partial charge is 0.309 e. The van der Waals surface area contributed by atoms with Gasteiger partial charge in [-0.3, -0.25) is 9.69 Å². The zero-order valence-corrected chi connectivity index (χ0v) is 24.4. The van der Waals surface area contributed by atoms with Gasteiger partial charge in [0.15, 0.2) is 5.13 Å². The highest BCUT2D eigenvalue weighted by Gasteiger charge is 2.24. The third kappa shape index (κ3) is 7.47. The number of thiazole rings is 1. The number of amides is 1. The van der Waals surface area contributed by atoms with Crippen molar-refractivity contribution in [1.29, 1.82) is 0 Å². The Kier molecular flexibility index (Phi) is 11.1. The number of nitrogens with zero attached hydrogens (tertiary/aromatic N) is 4. The number of unbranched alkanes of at least 4 members (excludes halogenated alkanes) is 1. The van der Waals surface area contributed by atoms with Gasteiger partial charge in [0.25, 0.3) is 5.91 Å². The van der Waals surface area contributed by atoms with E-state index in [1.54, 1.807) is 24.1 Å². The molecule has 1 heterocycles. The van der Waals surface area contributed by atoms with Crippen molar-refractivity contribution < 1.29 is 13.2 Å². The average molecular weight is 604 g/mol. The van der Waals surface area contributed by atoms with Gasteiger partial charge < -0.3 is 4.90 Å². The number of fused-ring (bicyclic) bond motifs is 1. The maximum atomic E-state index is 13.5. The van der Waals surface area contributed by atoms with Crippen LogP contribution in [0.4, 0.5) is 5.13 Å². The minimum Gasteiger partial charge on any atom is -0.309 e. The van der Waals surface area contributed by atoms with Crippen LogP contribution in [0.15, 0.2) is 51.8 Å². The summed E-state index contributed by atoms with van der Waals surface area (Å²) in [5.74, 6) is -0.194. The van der Waals surface area contributed by atoms with Crippen LogP contribution in [0.1, 0.15) is 36.5 Å². The molecule has 0 saturated carbocycles. The van der Waals surface area contributed by atoms with Gasteiger partial charge >= 0.3 is 0 Å². The molecule has 0 spiro atoms. The Morgan fingerprint density at radius 2 is 1.69 bits per heavy atom. The van der Waals surface area contributed by atoms with Crippen LogP contribution in [-0.4, -0.2) is 69.3 Å². The van der Waals surface area contributed by atoms with Crippen LogP contribution >= 0.6 is 39.7 Å². The van der Waals surface area contributed by atoms with Gasteiger partial charge in [-0.15, -0.1) is 12.4 Å². The van der Waals surface area contributed by atoms with Crippen LogP contribution < -0.4 is 4.90 Å². The van der Waals surface area contributed by atoms with Gasteiger partial charge in [0.2, 0.25) is 10.0 Å². The normalized spacial score (nSPS) is 11.7. The summed E-state index contributed by atoms with van der Waals surface area (Å²) in [7, 11) is 2.00. The molecule has 0 aliphatic heterocycles. The maximum Gasteiger partial charge on any atom is 0.260 e. The highest BCUT2D eigenvalue weighted by Crippen LogP contribution is 2.32. The van der Waals surface area contributed by atoms with Crippen LogP contribution in [-0.2, 0) is 10.0 Å². The van der Waals surface area contributed by atoms with Crippen LogP contribution in [0.5, 0.6) is 0 Å². The molecule has 0 saturated heterocycles. The summed E-state index contributed by atoms with van der Waals surface area (Å²) in [6.45, 7) is 3.83. The zero-order valence-electron chi connectivity index (χ0n) is 20.4. The van der Waals surface area contributed by atoms with Crippen LogP contribution in [0, 0.1) is 0 Å². The molecular formula is C24H32BrClN4O3S2. The summed E-state index contributed by atoms with van der Waals surface area (Å²) >= 11 is 4.96. The molecule has 0 aliphatic carbocycles. The predicted octanol–water partition coefficient (Wildman–Crippen LogP) is 5.50. The lowest BCUT2D eigenvalue weighted by Crippen LogP contribution is -2.33. The van der Waals surface area contributed by atoms with E-state index in [0.29, 0.717) is 23.8 Å². The lowest BCUT2D eigenvalue weighted by Gasteiger charge is -2.21. The van der Waals surface area contributed by atoms with E-state index in [2.05, 4.69) is 20.8 Å². The number of sulfonamides is 1. The van der Waals surface area contributed by atoms with Crippen LogP contribution in [0.2, 0.25) is 0 Å². The van der Waals surface area contributed by atoms with Gasteiger partial charge in [-0.1, -0.05) is 40.6 Å². The number of carbonyl (C=O) groups excluding carboxylic acids is 1. The van der Waals surface area contributed by atoms with Gasteiger partial charge in [0.05, 0.1) is 15.1 Å². The van der Waals surface area contributed by atoms with Gasteiger partial charge in [0, 0.05) is 30.2 Å². The minimum atomic E-state index is -3.58. The number of hydrogen-bond donors (Lipinski definition) is 0. The van der Waals surface area contributed by atoms with Gasteiger partial charge in [0.1, 0.15) is 0 Å². The second kappa shape index (κ2) is 13.1. The molecule has 0 unspecified atom stereocenters. The molecule has 3 aromatic rings. The number of hydrogen-bond acceptors (Lipinski definition) is 6. The number of anilines is 1. The Morgan fingerprint density at radius 3 is 2.31 bits per heavy atom. The molecule has 0 aliphatic rings. The van der Waals surface area contributed by atoms with Gasteiger partial charge in [-0.05, 0) is 75.9 Å². The second-order valence-corrected chi connectivity index (χ2v) is 12.4. The second-order valence-electron chi connectivity index (χ2n) is 8.43. The summed E-state index contributed by atoms with van der Waals surface area (Å²) < 4.78 is 29.0. The highest BCUT2D eigenvalue weighted by atomic mass is 79.9. The van der Waals surface area contributed by atoms with Crippen LogP contribution in [0.25, 0.3) is 10.2 Å². The van der Waals surface area contributed by atoms with Gasteiger partial charge in [-0.25, -0.2) is 17.7 Å². The Balaban J connectivity index is 0.00000432. The first kappa shape index (κ1) is 29.7. The van der Waals surface area contributed by atoms with Gasteiger partial charge in [-0.2, -0.15) is 0 Å². The first-order valence-corrected chi connectivity index (χ1v) is 14.3. The van der Waals surface area contributed by atoms with Crippen molar-refractivity contribution >= 4 is 71.0 Å². The van der Waals surface area contributed by atoms with Crippen molar-refractivity contribution in [3.8, 4) is 0 Å². The summed E-state index contributed by atoms with van der Waals surface area (Å²) in [6, 6.07) is 12.1. The molecule has 3 rings (SSSR count). The number of carbonyl (C=O) groups is 1. The predicted molar refractivity (Wildman–Crippen MR) is 151 cm³/mol. The van der Waals surface area contributed by atoms with Crippen LogP contribution in [0.3, 0.4) is 0 Å². The first-order valence-electron chi connectivity index (χ1n) is 11.2. The Hall–Kier alpha value is -1.56. The van der Waals surface area contributed by atoms with Crippen molar-refractivity contribution in [3.63, 3.8) is 0 Å². The SMILES string of the molecule is CCCCN(C)S(=O)(=O)c1ccc(C(=O)N(CCCN(C)C)c2nc3ccc(Br)cc3s2)cc1.Cl. The quantitative estimate of drug-likeness (QED) is 0.289. The van der Waals surface area contributed by atoms with Crippen molar-refractivity contribution in [2.75, 3.05) is 45.7 Å². The minimum absolute atomic E-state index is 0. The molecule has 0 radical (unpaired) electrons. The Morgan fingerprint density at radius 1 is 1.00 bits per heavy atom. The van der Waals surface area contributed by atoms with Crippen molar-refractivity contribution in [3.05, 3.63) is 52.5 Å². The first-order chi connectivity index (χ1) is 16.1. The fourth-order valence-corrected chi connectivity index (χ4v) is 6.19. The molecule has 192 valence electrons. The Bertz CT molecular complexity index is 1230. The summed E-state index contributed by atoms with van der Waals surface area (Å²) in [5, 5.41) is 0.632. The molecular weight excluding hydrogens is 572 g/mol. The van der Waals surface area contributed by atoms with E-state index in [0.717, 1.165) is 40.5 Å². The number of halogens is 2. The lowest BCUT2D eigenvalue weighted by molar-refractivity contribution is 0.0986. The molecule has 35 heavy (non-hydrogen) atoms. The monoisotopic (exact) mass is 602 g/mol. The maximum absolute atomic E-state index is 13.5. The molecule has 0 bridgehead atoms. The zero-order chi connectivity index (χ0) is 24.9. The number of aromatic nitrogens is 1. The van der Waals surface area contributed by atoms with Crippen molar-refractivity contribution in [2.45, 2.75) is 31.1 Å². The lowest BCUT2D eigenvalue weighted by atomic mass is 10.2.